The van der Waals surface area contributed by atoms with Crippen LogP contribution in [-0.2, 0) is 0 Å². The van der Waals surface area contributed by atoms with Gasteiger partial charge in [0.2, 0.25) is 0 Å². The number of aryl methyl sites for hydroxylation is 1. The lowest BCUT2D eigenvalue weighted by Crippen LogP contribution is -2.13. The molecule has 0 aliphatic carbocycles. The Balaban J connectivity index is 2.38. The third kappa shape index (κ3) is 2.21. The van der Waals surface area contributed by atoms with Gasteiger partial charge in [0, 0.05) is 23.0 Å². The molecule has 1 atom stereocenters. The number of rotatable bonds is 2. The number of halogens is 1. The van der Waals surface area contributed by atoms with E-state index in [1.807, 2.05) is 25.1 Å². The Kier molecular flexibility index (Phi) is 3.17. The molecule has 0 aliphatic rings. The van der Waals surface area contributed by atoms with Crippen LogP contribution >= 0.6 is 11.6 Å². The van der Waals surface area contributed by atoms with Gasteiger partial charge in [0.1, 0.15) is 6.33 Å². The smallest absolute Gasteiger partial charge is 0.115 e. The predicted molar refractivity (Wildman–Crippen MR) is 64.3 cm³/mol. The molecule has 4 heteroatoms. The molecule has 0 saturated carbocycles. The molecule has 0 saturated heterocycles. The normalized spacial score (nSPS) is 12.4. The van der Waals surface area contributed by atoms with E-state index >= 15 is 0 Å². The van der Waals surface area contributed by atoms with Gasteiger partial charge in [0.05, 0.1) is 6.04 Å². The zero-order valence-electron chi connectivity index (χ0n) is 8.89. The maximum absolute atomic E-state index is 6.15. The van der Waals surface area contributed by atoms with Crippen molar-refractivity contribution in [2.24, 2.45) is 5.73 Å². The van der Waals surface area contributed by atoms with Gasteiger partial charge < -0.3 is 5.73 Å². The molecular weight excluding hydrogens is 222 g/mol. The molecule has 2 aromatic rings. The van der Waals surface area contributed by atoms with Crippen molar-refractivity contribution in [2.45, 2.75) is 13.0 Å². The van der Waals surface area contributed by atoms with Crippen LogP contribution in [0.1, 0.15) is 22.7 Å². The zero-order valence-corrected chi connectivity index (χ0v) is 9.65. The summed E-state index contributed by atoms with van der Waals surface area (Å²) in [5, 5.41) is 0.677. The minimum atomic E-state index is -0.283. The highest BCUT2D eigenvalue weighted by atomic mass is 35.5. The average molecular weight is 234 g/mol. The summed E-state index contributed by atoms with van der Waals surface area (Å²) in [5.41, 5.74) is 8.96. The molecule has 1 heterocycles. The molecule has 1 aromatic carbocycles. The van der Waals surface area contributed by atoms with Crippen LogP contribution in [0.4, 0.5) is 0 Å². The molecule has 0 radical (unpaired) electrons. The van der Waals surface area contributed by atoms with Crippen molar-refractivity contribution in [3.63, 3.8) is 0 Å². The first kappa shape index (κ1) is 11.0. The van der Waals surface area contributed by atoms with Gasteiger partial charge in [-0.05, 0) is 24.1 Å². The summed E-state index contributed by atoms with van der Waals surface area (Å²) in [5.74, 6) is 0. The Morgan fingerprint density at radius 3 is 2.56 bits per heavy atom. The molecule has 0 spiro atoms. The van der Waals surface area contributed by atoms with Crippen LogP contribution in [0, 0.1) is 6.92 Å². The van der Waals surface area contributed by atoms with Crippen molar-refractivity contribution in [2.75, 3.05) is 0 Å². The summed E-state index contributed by atoms with van der Waals surface area (Å²) in [7, 11) is 0. The van der Waals surface area contributed by atoms with Crippen molar-refractivity contribution >= 4 is 11.6 Å². The highest BCUT2D eigenvalue weighted by molar-refractivity contribution is 6.31. The van der Waals surface area contributed by atoms with Gasteiger partial charge >= 0.3 is 0 Å². The van der Waals surface area contributed by atoms with E-state index in [9.17, 15) is 0 Å². The van der Waals surface area contributed by atoms with Crippen LogP contribution in [0.3, 0.4) is 0 Å². The topological polar surface area (TPSA) is 51.8 Å². The number of nitrogens with two attached hydrogens (primary N) is 1. The third-order valence-electron chi connectivity index (χ3n) is 2.43. The van der Waals surface area contributed by atoms with E-state index in [1.165, 1.54) is 6.33 Å². The van der Waals surface area contributed by atoms with Crippen LogP contribution in [0.2, 0.25) is 5.02 Å². The zero-order chi connectivity index (χ0) is 11.5. The van der Waals surface area contributed by atoms with Crippen molar-refractivity contribution < 1.29 is 0 Å². The predicted octanol–water partition coefficient (Wildman–Crippen LogP) is 2.49. The summed E-state index contributed by atoms with van der Waals surface area (Å²) in [4.78, 5) is 7.89. The van der Waals surface area contributed by atoms with Crippen molar-refractivity contribution in [3.05, 3.63) is 58.6 Å². The molecule has 1 aromatic heterocycles. The minimum Gasteiger partial charge on any atom is -0.320 e. The fraction of sp³-hybridized carbons (Fsp3) is 0.167. The first-order chi connectivity index (χ1) is 7.68. The van der Waals surface area contributed by atoms with Crippen LogP contribution in [0.25, 0.3) is 0 Å². The van der Waals surface area contributed by atoms with Gasteiger partial charge in [-0.1, -0.05) is 23.7 Å². The highest BCUT2D eigenvalue weighted by Crippen LogP contribution is 2.26. The molecule has 3 nitrogen and oxygen atoms in total. The van der Waals surface area contributed by atoms with E-state index in [1.54, 1.807) is 12.4 Å². The monoisotopic (exact) mass is 233 g/mol. The van der Waals surface area contributed by atoms with E-state index in [-0.39, 0.29) is 6.04 Å². The highest BCUT2D eigenvalue weighted by Gasteiger charge is 2.12. The number of hydrogen-bond acceptors (Lipinski definition) is 3. The summed E-state index contributed by atoms with van der Waals surface area (Å²) < 4.78 is 0. The lowest BCUT2D eigenvalue weighted by Gasteiger charge is -2.13. The van der Waals surface area contributed by atoms with Crippen molar-refractivity contribution in [1.82, 2.24) is 9.97 Å². The Labute approximate surface area is 99.3 Å². The van der Waals surface area contributed by atoms with E-state index in [0.29, 0.717) is 5.02 Å². The number of aromatic nitrogens is 2. The molecule has 2 N–H and O–H groups in total. The van der Waals surface area contributed by atoms with Crippen LogP contribution in [0.15, 0.2) is 36.9 Å². The van der Waals surface area contributed by atoms with Gasteiger partial charge in [-0.2, -0.15) is 0 Å². The fourth-order valence-electron chi connectivity index (χ4n) is 1.54. The molecule has 16 heavy (non-hydrogen) atoms. The lowest BCUT2D eigenvalue weighted by atomic mass is 10.0. The summed E-state index contributed by atoms with van der Waals surface area (Å²) in [6, 6.07) is 5.55. The standard InChI is InChI=1S/C12H12ClN3/c1-8-2-3-10(11(13)4-8)12(14)9-5-15-7-16-6-9/h2-7,12H,14H2,1H3. The largest absolute Gasteiger partial charge is 0.320 e. The number of nitrogens with zero attached hydrogens (tertiary/aromatic N) is 2. The van der Waals surface area contributed by atoms with Gasteiger partial charge in [-0.15, -0.1) is 0 Å². The molecule has 2 rings (SSSR count). The average Bonchev–Trinajstić information content (AvgIpc) is 2.29. The van der Waals surface area contributed by atoms with Gasteiger partial charge in [-0.3, -0.25) is 0 Å². The van der Waals surface area contributed by atoms with Gasteiger partial charge in [-0.25, -0.2) is 9.97 Å². The Hall–Kier alpha value is -1.45. The molecule has 0 aliphatic heterocycles. The minimum absolute atomic E-state index is 0.283. The molecular formula is C12H12ClN3. The van der Waals surface area contributed by atoms with Crippen molar-refractivity contribution in [3.8, 4) is 0 Å². The Morgan fingerprint density at radius 1 is 1.25 bits per heavy atom. The second-order valence-electron chi connectivity index (χ2n) is 3.67. The lowest BCUT2D eigenvalue weighted by molar-refractivity contribution is 0.850. The summed E-state index contributed by atoms with van der Waals surface area (Å²) >= 11 is 6.15. The van der Waals surface area contributed by atoms with E-state index in [4.69, 9.17) is 17.3 Å². The van der Waals surface area contributed by atoms with E-state index in [0.717, 1.165) is 16.7 Å². The maximum atomic E-state index is 6.15. The van der Waals surface area contributed by atoms with Crippen molar-refractivity contribution in [1.29, 1.82) is 0 Å². The van der Waals surface area contributed by atoms with E-state index in [2.05, 4.69) is 9.97 Å². The molecule has 0 bridgehead atoms. The van der Waals surface area contributed by atoms with Gasteiger partial charge in [0.15, 0.2) is 0 Å². The second kappa shape index (κ2) is 4.60. The molecule has 82 valence electrons. The van der Waals surface area contributed by atoms with Crippen LogP contribution in [-0.4, -0.2) is 9.97 Å². The summed E-state index contributed by atoms with van der Waals surface area (Å²) in [6.45, 7) is 1.99. The van der Waals surface area contributed by atoms with Crippen LogP contribution in [0.5, 0.6) is 0 Å². The van der Waals surface area contributed by atoms with Crippen LogP contribution < -0.4 is 5.73 Å². The quantitative estimate of drug-likeness (QED) is 0.867. The number of benzene rings is 1. The second-order valence-corrected chi connectivity index (χ2v) is 4.08. The summed E-state index contributed by atoms with van der Waals surface area (Å²) in [6.07, 6.45) is 4.88. The van der Waals surface area contributed by atoms with Gasteiger partial charge in [0.25, 0.3) is 0 Å². The Bertz CT molecular complexity index is 485. The maximum Gasteiger partial charge on any atom is 0.115 e. The van der Waals surface area contributed by atoms with E-state index < -0.39 is 0 Å². The first-order valence-corrected chi connectivity index (χ1v) is 5.33. The molecule has 0 amide bonds. The fourth-order valence-corrected chi connectivity index (χ4v) is 1.89. The number of hydrogen-bond donors (Lipinski definition) is 1. The molecule has 1 unspecified atom stereocenters. The first-order valence-electron chi connectivity index (χ1n) is 4.95. The Morgan fingerprint density at radius 2 is 1.94 bits per heavy atom. The molecule has 0 fully saturated rings. The third-order valence-corrected chi connectivity index (χ3v) is 2.76. The SMILES string of the molecule is Cc1ccc(C(N)c2cncnc2)c(Cl)c1.